The number of ether oxygens (including phenoxy) is 1. The highest BCUT2D eigenvalue weighted by atomic mass is 32.1. The summed E-state index contributed by atoms with van der Waals surface area (Å²) >= 11 is 5.46. The van der Waals surface area contributed by atoms with E-state index in [2.05, 4.69) is 19.2 Å². The van der Waals surface area contributed by atoms with Crippen LogP contribution in [0.15, 0.2) is 30.3 Å². The number of rotatable bonds is 7. The SMILES string of the molecule is CCOC(=O)CCN(CC(C)C)C(=S)Nc1ccccc1. The van der Waals surface area contributed by atoms with E-state index in [-0.39, 0.29) is 5.97 Å². The van der Waals surface area contributed by atoms with Gasteiger partial charge in [-0.05, 0) is 37.2 Å². The molecule has 5 heteroatoms. The van der Waals surface area contributed by atoms with Gasteiger partial charge in [0.05, 0.1) is 13.0 Å². The van der Waals surface area contributed by atoms with Gasteiger partial charge in [0.15, 0.2) is 5.11 Å². The Kier molecular flexibility index (Phi) is 7.75. The number of nitrogens with one attached hydrogen (secondary N) is 1. The average Bonchev–Trinajstić information content (AvgIpc) is 2.44. The number of hydrogen-bond donors (Lipinski definition) is 1. The second kappa shape index (κ2) is 9.34. The molecule has 0 heterocycles. The number of hydrogen-bond acceptors (Lipinski definition) is 3. The van der Waals surface area contributed by atoms with E-state index in [0.29, 0.717) is 30.6 Å². The predicted molar refractivity (Wildman–Crippen MR) is 90.3 cm³/mol. The highest BCUT2D eigenvalue weighted by Gasteiger charge is 2.14. The van der Waals surface area contributed by atoms with Crippen molar-refractivity contribution in [2.75, 3.05) is 25.0 Å². The first-order valence-corrected chi connectivity index (χ1v) is 7.70. The zero-order valence-electron chi connectivity index (χ0n) is 13.0. The Morgan fingerprint density at radius 3 is 2.57 bits per heavy atom. The van der Waals surface area contributed by atoms with Crippen LogP contribution in [-0.2, 0) is 9.53 Å². The molecular weight excluding hydrogens is 284 g/mol. The minimum absolute atomic E-state index is 0.186. The van der Waals surface area contributed by atoms with Gasteiger partial charge in [-0.1, -0.05) is 32.0 Å². The smallest absolute Gasteiger partial charge is 0.307 e. The molecule has 1 aromatic carbocycles. The fourth-order valence-electron chi connectivity index (χ4n) is 1.90. The van der Waals surface area contributed by atoms with Crippen LogP contribution < -0.4 is 5.32 Å². The highest BCUT2D eigenvalue weighted by Crippen LogP contribution is 2.09. The lowest BCUT2D eigenvalue weighted by molar-refractivity contribution is -0.143. The fraction of sp³-hybridized carbons (Fsp3) is 0.500. The maximum atomic E-state index is 11.5. The molecule has 0 bridgehead atoms. The van der Waals surface area contributed by atoms with Crippen LogP contribution in [0.2, 0.25) is 0 Å². The second-order valence-electron chi connectivity index (χ2n) is 5.19. The summed E-state index contributed by atoms with van der Waals surface area (Å²) in [6.45, 7) is 7.85. The predicted octanol–water partition coefficient (Wildman–Crippen LogP) is 3.29. The van der Waals surface area contributed by atoms with E-state index in [9.17, 15) is 4.79 Å². The Balaban J connectivity index is 2.59. The Hall–Kier alpha value is -1.62. The van der Waals surface area contributed by atoms with E-state index < -0.39 is 0 Å². The maximum absolute atomic E-state index is 11.5. The molecule has 21 heavy (non-hydrogen) atoms. The van der Waals surface area contributed by atoms with Crippen molar-refractivity contribution in [3.8, 4) is 0 Å². The lowest BCUT2D eigenvalue weighted by Gasteiger charge is -2.27. The fourth-order valence-corrected chi connectivity index (χ4v) is 2.18. The number of para-hydroxylation sites is 1. The number of benzene rings is 1. The normalized spacial score (nSPS) is 10.3. The lowest BCUT2D eigenvalue weighted by Crippen LogP contribution is -2.38. The Labute approximate surface area is 132 Å². The molecule has 0 saturated carbocycles. The molecule has 1 N–H and O–H groups in total. The highest BCUT2D eigenvalue weighted by molar-refractivity contribution is 7.80. The summed E-state index contributed by atoms with van der Waals surface area (Å²) in [6.07, 6.45) is 0.344. The molecular formula is C16H24N2O2S. The third kappa shape index (κ3) is 7.09. The minimum atomic E-state index is -0.186. The van der Waals surface area contributed by atoms with Crippen LogP contribution in [0.3, 0.4) is 0 Å². The van der Waals surface area contributed by atoms with Gasteiger partial charge in [0.1, 0.15) is 0 Å². The zero-order valence-corrected chi connectivity index (χ0v) is 13.8. The minimum Gasteiger partial charge on any atom is -0.466 e. The van der Waals surface area contributed by atoms with Crippen molar-refractivity contribution in [3.63, 3.8) is 0 Å². The summed E-state index contributed by atoms with van der Waals surface area (Å²) < 4.78 is 4.97. The van der Waals surface area contributed by atoms with Crippen LogP contribution in [0.4, 0.5) is 5.69 Å². The lowest BCUT2D eigenvalue weighted by atomic mass is 10.2. The van der Waals surface area contributed by atoms with E-state index >= 15 is 0 Å². The van der Waals surface area contributed by atoms with Crippen LogP contribution in [-0.4, -0.2) is 35.7 Å². The van der Waals surface area contributed by atoms with Gasteiger partial charge >= 0.3 is 5.97 Å². The summed E-state index contributed by atoms with van der Waals surface area (Å²) in [6, 6.07) is 9.80. The van der Waals surface area contributed by atoms with Crippen molar-refractivity contribution in [2.24, 2.45) is 5.92 Å². The van der Waals surface area contributed by atoms with Gasteiger partial charge in [0, 0.05) is 18.8 Å². The quantitative estimate of drug-likeness (QED) is 0.618. The zero-order chi connectivity index (χ0) is 15.7. The van der Waals surface area contributed by atoms with Crippen LogP contribution in [0.25, 0.3) is 0 Å². The first-order valence-electron chi connectivity index (χ1n) is 7.29. The molecule has 0 aliphatic carbocycles. The van der Waals surface area contributed by atoms with Crippen LogP contribution >= 0.6 is 12.2 Å². The number of esters is 1. The van der Waals surface area contributed by atoms with Crippen molar-refractivity contribution in [1.82, 2.24) is 4.90 Å². The number of anilines is 1. The van der Waals surface area contributed by atoms with E-state index in [1.165, 1.54) is 0 Å². The van der Waals surface area contributed by atoms with Gasteiger partial charge in [-0.2, -0.15) is 0 Å². The average molecular weight is 308 g/mol. The number of carbonyl (C=O) groups excluding carboxylic acids is 1. The van der Waals surface area contributed by atoms with Crippen molar-refractivity contribution >= 4 is 29.0 Å². The molecule has 4 nitrogen and oxygen atoms in total. The van der Waals surface area contributed by atoms with Gasteiger partial charge in [-0.25, -0.2) is 0 Å². The maximum Gasteiger partial charge on any atom is 0.307 e. The molecule has 1 rings (SSSR count). The molecule has 0 aliphatic rings. The van der Waals surface area contributed by atoms with E-state index in [0.717, 1.165) is 12.2 Å². The molecule has 0 radical (unpaired) electrons. The second-order valence-corrected chi connectivity index (χ2v) is 5.58. The molecule has 0 amide bonds. The summed E-state index contributed by atoms with van der Waals surface area (Å²) in [5, 5.41) is 3.85. The first kappa shape index (κ1) is 17.4. The number of nitrogens with zero attached hydrogens (tertiary/aromatic N) is 1. The summed E-state index contributed by atoms with van der Waals surface area (Å²) in [7, 11) is 0. The van der Waals surface area contributed by atoms with Crippen LogP contribution in [0.5, 0.6) is 0 Å². The monoisotopic (exact) mass is 308 g/mol. The molecule has 0 spiro atoms. The molecule has 1 aromatic rings. The standard InChI is InChI=1S/C16H24N2O2S/c1-4-20-15(19)10-11-18(12-13(2)3)16(21)17-14-8-6-5-7-9-14/h5-9,13H,4,10-12H2,1-3H3,(H,17,21). The number of thiocarbonyl (C=S) groups is 1. The van der Waals surface area contributed by atoms with Gasteiger partial charge in [-0.15, -0.1) is 0 Å². The van der Waals surface area contributed by atoms with Crippen molar-refractivity contribution in [3.05, 3.63) is 30.3 Å². The molecule has 116 valence electrons. The summed E-state index contributed by atoms with van der Waals surface area (Å²) in [5.74, 6) is 0.275. The summed E-state index contributed by atoms with van der Waals surface area (Å²) in [5.41, 5.74) is 0.951. The topological polar surface area (TPSA) is 41.6 Å². The third-order valence-electron chi connectivity index (χ3n) is 2.79. The van der Waals surface area contributed by atoms with Gasteiger partial charge in [0.25, 0.3) is 0 Å². The summed E-state index contributed by atoms with van der Waals surface area (Å²) in [4.78, 5) is 13.5. The third-order valence-corrected chi connectivity index (χ3v) is 3.15. The number of carbonyl (C=O) groups is 1. The van der Waals surface area contributed by atoms with Gasteiger partial charge < -0.3 is 15.0 Å². The van der Waals surface area contributed by atoms with Crippen molar-refractivity contribution in [1.29, 1.82) is 0 Å². The molecule has 0 fully saturated rings. The van der Waals surface area contributed by atoms with E-state index in [1.54, 1.807) is 0 Å². The Bertz CT molecular complexity index is 449. The van der Waals surface area contributed by atoms with E-state index in [1.807, 2.05) is 42.2 Å². The molecule has 0 aromatic heterocycles. The largest absolute Gasteiger partial charge is 0.466 e. The van der Waals surface area contributed by atoms with Crippen molar-refractivity contribution in [2.45, 2.75) is 27.2 Å². The molecule has 0 unspecified atom stereocenters. The molecule has 0 atom stereocenters. The molecule has 0 aliphatic heterocycles. The van der Waals surface area contributed by atoms with E-state index in [4.69, 9.17) is 17.0 Å². The van der Waals surface area contributed by atoms with Crippen molar-refractivity contribution < 1.29 is 9.53 Å². The van der Waals surface area contributed by atoms with Gasteiger partial charge in [0.2, 0.25) is 0 Å². The van der Waals surface area contributed by atoms with Crippen LogP contribution in [0, 0.1) is 5.92 Å². The Morgan fingerprint density at radius 2 is 2.00 bits per heavy atom. The van der Waals surface area contributed by atoms with Crippen LogP contribution in [0.1, 0.15) is 27.2 Å². The van der Waals surface area contributed by atoms with Gasteiger partial charge in [-0.3, -0.25) is 4.79 Å². The first-order chi connectivity index (χ1) is 10.0. The Morgan fingerprint density at radius 1 is 1.33 bits per heavy atom. The molecule has 0 saturated heterocycles.